The number of carbonyl (C=O) groups is 2. The number of fused-ring (bicyclic) bond motifs is 1. The van der Waals surface area contributed by atoms with Crippen LogP contribution < -0.4 is 9.62 Å². The average molecular weight is 427 g/mol. The molecule has 156 valence electrons. The van der Waals surface area contributed by atoms with Crippen LogP contribution in [0.4, 0.5) is 5.69 Å². The van der Waals surface area contributed by atoms with E-state index in [1.54, 1.807) is 23.1 Å². The van der Waals surface area contributed by atoms with Gasteiger partial charge in [0.1, 0.15) is 5.84 Å². The Morgan fingerprint density at radius 3 is 2.67 bits per heavy atom. The fraction of sp³-hybridized carbons (Fsp3) is 0.286. The molecule has 0 saturated carbocycles. The summed E-state index contributed by atoms with van der Waals surface area (Å²) in [6.07, 6.45) is 0.580. The first kappa shape index (κ1) is 20.1. The lowest BCUT2D eigenvalue weighted by atomic mass is 10.1. The molecule has 1 amide bonds. The van der Waals surface area contributed by atoms with E-state index in [9.17, 15) is 18.0 Å². The number of amides is 1. The van der Waals surface area contributed by atoms with Crippen LogP contribution in [-0.2, 0) is 24.3 Å². The van der Waals surface area contributed by atoms with Gasteiger partial charge in [-0.15, -0.1) is 0 Å². The maximum atomic E-state index is 12.3. The molecule has 1 fully saturated rings. The number of anilines is 1. The Labute approximate surface area is 174 Å². The van der Waals surface area contributed by atoms with Gasteiger partial charge in [-0.2, -0.15) is 0 Å². The molecule has 0 aliphatic carbocycles. The first-order chi connectivity index (χ1) is 14.5. The van der Waals surface area contributed by atoms with Crippen LogP contribution in [0.3, 0.4) is 0 Å². The molecule has 0 bridgehead atoms. The first-order valence-electron chi connectivity index (χ1n) is 9.64. The molecule has 2 aromatic rings. The van der Waals surface area contributed by atoms with Crippen LogP contribution >= 0.6 is 0 Å². The van der Waals surface area contributed by atoms with Crippen molar-refractivity contribution in [3.63, 3.8) is 0 Å². The normalized spacial score (nSPS) is 20.8. The number of aliphatic imine (C=N–C) groups is 1. The van der Waals surface area contributed by atoms with Crippen LogP contribution in [0.5, 0.6) is 0 Å². The molecule has 8 nitrogen and oxygen atoms in total. The van der Waals surface area contributed by atoms with E-state index in [0.29, 0.717) is 30.9 Å². The van der Waals surface area contributed by atoms with Gasteiger partial charge in [0.05, 0.1) is 17.4 Å². The number of rotatable bonds is 6. The number of carbonyl (C=O) groups excluding carboxylic acids is 2. The molecular weight excluding hydrogens is 406 g/mol. The highest BCUT2D eigenvalue weighted by Crippen LogP contribution is 2.25. The minimum atomic E-state index is -3.56. The van der Waals surface area contributed by atoms with Gasteiger partial charge in [0.15, 0.2) is 0 Å². The number of ether oxygens (including phenoxy) is 1. The van der Waals surface area contributed by atoms with Crippen molar-refractivity contribution in [2.24, 2.45) is 10.9 Å². The van der Waals surface area contributed by atoms with Crippen molar-refractivity contribution in [3.05, 3.63) is 60.2 Å². The molecule has 2 heterocycles. The summed E-state index contributed by atoms with van der Waals surface area (Å²) < 4.78 is 31.8. The van der Waals surface area contributed by atoms with Crippen molar-refractivity contribution in [1.82, 2.24) is 4.72 Å². The fourth-order valence-electron chi connectivity index (χ4n) is 3.52. The molecule has 2 aliphatic rings. The molecule has 9 heteroatoms. The molecule has 4 rings (SSSR count). The number of hydrogen-bond acceptors (Lipinski definition) is 6. The van der Waals surface area contributed by atoms with Gasteiger partial charge in [0, 0.05) is 37.2 Å². The van der Waals surface area contributed by atoms with Crippen molar-refractivity contribution in [3.8, 4) is 0 Å². The number of benzene rings is 2. The van der Waals surface area contributed by atoms with Crippen LogP contribution in [0.25, 0.3) is 0 Å². The monoisotopic (exact) mass is 427 g/mol. The second-order valence-corrected chi connectivity index (χ2v) is 8.74. The Hall–Kier alpha value is -3.20. The minimum absolute atomic E-state index is 0.0956. The number of nitrogens with one attached hydrogen (secondary N) is 1. The van der Waals surface area contributed by atoms with Gasteiger partial charge in [-0.3, -0.25) is 19.3 Å². The SMILES string of the molecule is O=C(OCCCN=C1NS(=O)(=O)c2ccccc21)C1CC(=O)N(c2ccccc2)C1. The molecule has 0 spiro atoms. The van der Waals surface area contributed by atoms with E-state index in [4.69, 9.17) is 4.74 Å². The van der Waals surface area contributed by atoms with Crippen molar-refractivity contribution in [2.45, 2.75) is 17.7 Å². The van der Waals surface area contributed by atoms with Crippen LogP contribution in [0.2, 0.25) is 0 Å². The smallest absolute Gasteiger partial charge is 0.311 e. The molecule has 1 saturated heterocycles. The summed E-state index contributed by atoms with van der Waals surface area (Å²) in [5.41, 5.74) is 1.31. The van der Waals surface area contributed by atoms with Gasteiger partial charge in [-0.05, 0) is 24.3 Å². The van der Waals surface area contributed by atoms with Crippen molar-refractivity contribution >= 4 is 33.4 Å². The number of sulfonamides is 1. The minimum Gasteiger partial charge on any atom is -0.465 e. The number of esters is 1. The lowest BCUT2D eigenvalue weighted by Gasteiger charge is -2.16. The Morgan fingerprint density at radius 1 is 1.13 bits per heavy atom. The lowest BCUT2D eigenvalue weighted by Crippen LogP contribution is -2.26. The van der Waals surface area contributed by atoms with E-state index >= 15 is 0 Å². The second-order valence-electron chi connectivity index (χ2n) is 7.09. The standard InChI is InChI=1S/C21H21N3O5S/c25-19-13-15(14-24(19)16-7-2-1-3-8-16)21(26)29-12-6-11-22-20-17-9-4-5-10-18(17)30(27,28)23-20/h1-5,7-10,15H,6,11-14H2,(H,22,23). The molecule has 2 aromatic carbocycles. The summed E-state index contributed by atoms with van der Waals surface area (Å²) in [5, 5.41) is 0. The Bertz CT molecular complexity index is 1100. The third kappa shape index (κ3) is 4.06. The number of amidine groups is 1. The highest BCUT2D eigenvalue weighted by Gasteiger charge is 2.36. The van der Waals surface area contributed by atoms with E-state index in [2.05, 4.69) is 9.71 Å². The lowest BCUT2D eigenvalue weighted by molar-refractivity contribution is -0.148. The summed E-state index contributed by atoms with van der Waals surface area (Å²) in [5.74, 6) is -0.683. The van der Waals surface area contributed by atoms with Crippen molar-refractivity contribution < 1.29 is 22.7 Å². The molecule has 0 radical (unpaired) electrons. The number of hydrogen-bond donors (Lipinski definition) is 1. The second kappa shape index (κ2) is 8.27. The van der Waals surface area contributed by atoms with Crippen LogP contribution in [0.1, 0.15) is 18.4 Å². The van der Waals surface area contributed by atoms with Crippen molar-refractivity contribution in [1.29, 1.82) is 0 Å². The summed E-state index contributed by atoms with van der Waals surface area (Å²) >= 11 is 0. The molecule has 0 aromatic heterocycles. The maximum Gasteiger partial charge on any atom is 0.311 e. The molecule has 1 N–H and O–H groups in total. The largest absolute Gasteiger partial charge is 0.465 e. The predicted molar refractivity (Wildman–Crippen MR) is 111 cm³/mol. The zero-order chi connectivity index (χ0) is 21.1. The van der Waals surface area contributed by atoms with Crippen LogP contribution in [0.15, 0.2) is 64.5 Å². The summed E-state index contributed by atoms with van der Waals surface area (Å²) in [6.45, 7) is 0.766. The molecule has 1 atom stereocenters. The van der Waals surface area contributed by atoms with Crippen molar-refractivity contribution in [2.75, 3.05) is 24.6 Å². The Kier molecular flexibility index (Phi) is 5.54. The third-order valence-electron chi connectivity index (χ3n) is 5.01. The fourth-order valence-corrected chi connectivity index (χ4v) is 4.77. The average Bonchev–Trinajstić information content (AvgIpc) is 3.26. The van der Waals surface area contributed by atoms with E-state index in [1.807, 2.05) is 30.3 Å². The van der Waals surface area contributed by atoms with Gasteiger partial charge >= 0.3 is 5.97 Å². The van der Waals surface area contributed by atoms with Gasteiger partial charge in [-0.25, -0.2) is 8.42 Å². The molecule has 30 heavy (non-hydrogen) atoms. The zero-order valence-electron chi connectivity index (χ0n) is 16.2. The zero-order valence-corrected chi connectivity index (χ0v) is 17.0. The first-order valence-corrected chi connectivity index (χ1v) is 11.1. The van der Waals surface area contributed by atoms with Gasteiger partial charge in [0.25, 0.3) is 10.0 Å². The quantitative estimate of drug-likeness (QED) is 0.558. The number of nitrogens with zero attached hydrogens (tertiary/aromatic N) is 2. The Morgan fingerprint density at radius 2 is 1.87 bits per heavy atom. The molecule has 1 unspecified atom stereocenters. The van der Waals surface area contributed by atoms with E-state index in [1.165, 1.54) is 6.07 Å². The van der Waals surface area contributed by atoms with Crippen LogP contribution in [0, 0.1) is 5.92 Å². The van der Waals surface area contributed by atoms with E-state index in [0.717, 1.165) is 5.69 Å². The third-order valence-corrected chi connectivity index (χ3v) is 6.40. The van der Waals surface area contributed by atoms with E-state index in [-0.39, 0.29) is 23.8 Å². The summed E-state index contributed by atoms with van der Waals surface area (Å²) in [6, 6.07) is 15.9. The van der Waals surface area contributed by atoms with Crippen LogP contribution in [-0.4, -0.2) is 45.8 Å². The predicted octanol–water partition coefficient (Wildman–Crippen LogP) is 1.71. The maximum absolute atomic E-state index is 12.3. The highest BCUT2D eigenvalue weighted by molar-refractivity contribution is 7.90. The number of para-hydroxylation sites is 1. The van der Waals surface area contributed by atoms with Gasteiger partial charge in [-0.1, -0.05) is 30.3 Å². The van der Waals surface area contributed by atoms with Gasteiger partial charge < -0.3 is 9.64 Å². The highest BCUT2D eigenvalue weighted by atomic mass is 32.2. The molecule has 2 aliphatic heterocycles. The van der Waals surface area contributed by atoms with E-state index < -0.39 is 21.9 Å². The summed E-state index contributed by atoms with van der Waals surface area (Å²) in [7, 11) is -3.56. The Balaban J connectivity index is 1.26. The molecular formula is C21H21N3O5S. The summed E-state index contributed by atoms with van der Waals surface area (Å²) in [4.78, 5) is 30.6. The topological polar surface area (TPSA) is 105 Å². The van der Waals surface area contributed by atoms with Gasteiger partial charge in [0.2, 0.25) is 5.91 Å².